The Hall–Kier alpha value is -3.44. The number of carbonyl (C=O) groups is 2. The molecule has 0 spiro atoms. The number of aromatic nitrogens is 1. The number of nitrogens with zero attached hydrogens (tertiary/aromatic N) is 1. The number of anilines is 1. The van der Waals surface area contributed by atoms with Gasteiger partial charge < -0.3 is 11.1 Å². The summed E-state index contributed by atoms with van der Waals surface area (Å²) in [4.78, 5) is 26.0. The molecule has 3 N–H and O–H groups in total. The predicted octanol–water partition coefficient (Wildman–Crippen LogP) is 4.48. The van der Waals surface area contributed by atoms with E-state index in [0.29, 0.717) is 16.3 Å². The van der Waals surface area contributed by atoms with E-state index in [4.69, 9.17) is 17.3 Å². The van der Waals surface area contributed by atoms with Gasteiger partial charge in [-0.15, -0.1) is 0 Å². The van der Waals surface area contributed by atoms with Gasteiger partial charge in [0.15, 0.2) is 0 Å². The summed E-state index contributed by atoms with van der Waals surface area (Å²) >= 11 is 5.93. The minimum absolute atomic E-state index is 0.132. The van der Waals surface area contributed by atoms with E-state index in [1.807, 2.05) is 43.3 Å². The van der Waals surface area contributed by atoms with Gasteiger partial charge in [0.2, 0.25) is 5.91 Å². The molecule has 0 aliphatic carbocycles. The average molecular weight is 394 g/mol. The van der Waals surface area contributed by atoms with E-state index in [2.05, 4.69) is 10.3 Å². The van der Waals surface area contributed by atoms with Crippen molar-refractivity contribution in [1.82, 2.24) is 4.98 Å². The lowest BCUT2D eigenvalue weighted by molar-refractivity contribution is -0.113. The average Bonchev–Trinajstić information content (AvgIpc) is 2.67. The molecular formula is C22H20ClN3O2. The SMILES string of the molecule is Cc1cc(Cl)cc(NC(=O)c2ccccc2)c1.NC(=O)C=Cc1cccnc1. The van der Waals surface area contributed by atoms with Crippen LogP contribution < -0.4 is 11.1 Å². The molecule has 2 amide bonds. The van der Waals surface area contributed by atoms with Crippen molar-refractivity contribution in [2.24, 2.45) is 5.73 Å². The number of hydrogen-bond donors (Lipinski definition) is 2. The van der Waals surface area contributed by atoms with Gasteiger partial charge in [-0.1, -0.05) is 35.9 Å². The molecule has 3 aromatic rings. The highest BCUT2D eigenvalue weighted by atomic mass is 35.5. The minimum atomic E-state index is -0.450. The smallest absolute Gasteiger partial charge is 0.255 e. The molecule has 1 heterocycles. The molecule has 28 heavy (non-hydrogen) atoms. The van der Waals surface area contributed by atoms with Gasteiger partial charge in [-0.05, 0) is 60.5 Å². The van der Waals surface area contributed by atoms with Crippen molar-refractivity contribution >= 4 is 35.2 Å². The second-order valence-electron chi connectivity index (χ2n) is 5.86. The zero-order chi connectivity index (χ0) is 20.4. The number of carbonyl (C=O) groups excluding carboxylic acids is 2. The van der Waals surface area contributed by atoms with Gasteiger partial charge in [-0.3, -0.25) is 14.6 Å². The molecule has 0 fully saturated rings. The number of aryl methyl sites for hydroxylation is 1. The molecule has 0 saturated heterocycles. The Morgan fingerprint density at radius 3 is 2.43 bits per heavy atom. The first-order chi connectivity index (χ1) is 13.4. The Kier molecular flexibility index (Phi) is 7.93. The molecule has 3 rings (SSSR count). The summed E-state index contributed by atoms with van der Waals surface area (Å²) < 4.78 is 0. The van der Waals surface area contributed by atoms with Crippen molar-refractivity contribution in [3.8, 4) is 0 Å². The summed E-state index contributed by atoms with van der Waals surface area (Å²) in [5.41, 5.74) is 8.12. The first-order valence-corrected chi connectivity index (χ1v) is 8.83. The highest BCUT2D eigenvalue weighted by molar-refractivity contribution is 6.31. The third kappa shape index (κ3) is 7.43. The number of nitrogens with one attached hydrogen (secondary N) is 1. The zero-order valence-electron chi connectivity index (χ0n) is 15.3. The normalized spacial score (nSPS) is 10.1. The number of hydrogen-bond acceptors (Lipinski definition) is 3. The lowest BCUT2D eigenvalue weighted by Gasteiger charge is -2.06. The summed E-state index contributed by atoms with van der Waals surface area (Å²) in [7, 11) is 0. The summed E-state index contributed by atoms with van der Waals surface area (Å²) in [6, 6.07) is 18.2. The van der Waals surface area contributed by atoms with Gasteiger partial charge in [0.25, 0.3) is 5.91 Å². The van der Waals surface area contributed by atoms with Crippen molar-refractivity contribution in [2.75, 3.05) is 5.32 Å². The van der Waals surface area contributed by atoms with Crippen LogP contribution in [0.3, 0.4) is 0 Å². The number of pyridine rings is 1. The van der Waals surface area contributed by atoms with Crippen molar-refractivity contribution in [3.63, 3.8) is 0 Å². The van der Waals surface area contributed by atoms with E-state index < -0.39 is 5.91 Å². The Morgan fingerprint density at radius 1 is 1.07 bits per heavy atom. The van der Waals surface area contributed by atoms with E-state index in [-0.39, 0.29) is 5.91 Å². The number of amides is 2. The molecule has 0 bridgehead atoms. The monoisotopic (exact) mass is 393 g/mol. The summed E-state index contributed by atoms with van der Waals surface area (Å²) in [5.74, 6) is -0.582. The Bertz CT molecular complexity index is 938. The van der Waals surface area contributed by atoms with Gasteiger partial charge >= 0.3 is 0 Å². The summed E-state index contributed by atoms with van der Waals surface area (Å²) in [5, 5.41) is 3.44. The number of nitrogens with two attached hydrogens (primary N) is 1. The molecule has 2 aromatic carbocycles. The van der Waals surface area contributed by atoms with E-state index in [9.17, 15) is 9.59 Å². The third-order valence-corrected chi connectivity index (χ3v) is 3.68. The summed E-state index contributed by atoms with van der Waals surface area (Å²) in [6.07, 6.45) is 6.24. The number of rotatable bonds is 4. The third-order valence-electron chi connectivity index (χ3n) is 3.46. The van der Waals surface area contributed by atoms with Crippen LogP contribution in [-0.2, 0) is 4.79 Å². The molecule has 0 radical (unpaired) electrons. The van der Waals surface area contributed by atoms with Gasteiger partial charge in [-0.25, -0.2) is 0 Å². The van der Waals surface area contributed by atoms with Crippen LogP contribution in [0.5, 0.6) is 0 Å². The molecule has 142 valence electrons. The molecule has 0 atom stereocenters. The fraction of sp³-hybridized carbons (Fsp3) is 0.0455. The van der Waals surface area contributed by atoms with E-state index in [1.165, 1.54) is 6.08 Å². The highest BCUT2D eigenvalue weighted by Gasteiger charge is 2.05. The van der Waals surface area contributed by atoms with E-state index in [1.54, 1.807) is 42.7 Å². The number of benzene rings is 2. The lowest BCUT2D eigenvalue weighted by Crippen LogP contribution is -2.11. The fourth-order valence-corrected chi connectivity index (χ4v) is 2.54. The number of halogens is 1. The molecule has 0 aliphatic heterocycles. The van der Waals surface area contributed by atoms with Crippen molar-refractivity contribution < 1.29 is 9.59 Å². The van der Waals surface area contributed by atoms with Gasteiger partial charge in [0.1, 0.15) is 0 Å². The van der Waals surface area contributed by atoms with Gasteiger partial charge in [0, 0.05) is 34.7 Å². The quantitative estimate of drug-likeness (QED) is 0.641. The van der Waals surface area contributed by atoms with E-state index in [0.717, 1.165) is 11.1 Å². The lowest BCUT2D eigenvalue weighted by atomic mass is 10.2. The van der Waals surface area contributed by atoms with Crippen molar-refractivity contribution in [2.45, 2.75) is 6.92 Å². The second-order valence-corrected chi connectivity index (χ2v) is 6.30. The van der Waals surface area contributed by atoms with Crippen molar-refractivity contribution in [1.29, 1.82) is 0 Å². The van der Waals surface area contributed by atoms with Crippen LogP contribution in [0.1, 0.15) is 21.5 Å². The van der Waals surface area contributed by atoms with Crippen LogP contribution in [0.2, 0.25) is 5.02 Å². The zero-order valence-corrected chi connectivity index (χ0v) is 16.1. The molecule has 0 unspecified atom stereocenters. The summed E-state index contributed by atoms with van der Waals surface area (Å²) in [6.45, 7) is 1.93. The van der Waals surface area contributed by atoms with Crippen LogP contribution in [0.15, 0.2) is 79.1 Å². The van der Waals surface area contributed by atoms with E-state index >= 15 is 0 Å². The van der Waals surface area contributed by atoms with Crippen LogP contribution in [0, 0.1) is 6.92 Å². The maximum Gasteiger partial charge on any atom is 0.255 e. The van der Waals surface area contributed by atoms with Crippen LogP contribution in [-0.4, -0.2) is 16.8 Å². The molecule has 1 aromatic heterocycles. The maximum atomic E-state index is 11.9. The standard InChI is InChI=1S/C14H12ClNO.C8H8N2O/c1-10-7-12(15)9-13(8-10)16-14(17)11-5-3-2-4-6-11;9-8(11)4-3-7-2-1-5-10-6-7/h2-9H,1H3,(H,16,17);1-6H,(H2,9,11). The largest absolute Gasteiger partial charge is 0.366 e. The first-order valence-electron chi connectivity index (χ1n) is 8.45. The topological polar surface area (TPSA) is 85.1 Å². The Balaban J connectivity index is 0.000000221. The fourth-order valence-electron chi connectivity index (χ4n) is 2.25. The Labute approximate surface area is 168 Å². The van der Waals surface area contributed by atoms with Gasteiger partial charge in [-0.2, -0.15) is 0 Å². The first kappa shape index (κ1) is 20.9. The van der Waals surface area contributed by atoms with Crippen LogP contribution in [0.25, 0.3) is 6.08 Å². The minimum Gasteiger partial charge on any atom is -0.366 e. The molecule has 0 aliphatic rings. The van der Waals surface area contributed by atoms with Crippen LogP contribution in [0.4, 0.5) is 5.69 Å². The molecule has 5 nitrogen and oxygen atoms in total. The highest BCUT2D eigenvalue weighted by Crippen LogP contribution is 2.19. The number of primary amides is 1. The second kappa shape index (κ2) is 10.6. The maximum absolute atomic E-state index is 11.9. The molecular weight excluding hydrogens is 374 g/mol. The molecule has 6 heteroatoms. The molecule has 0 saturated carbocycles. The van der Waals surface area contributed by atoms with Crippen LogP contribution >= 0.6 is 11.6 Å². The predicted molar refractivity (Wildman–Crippen MR) is 113 cm³/mol. The Morgan fingerprint density at radius 2 is 1.82 bits per heavy atom. The van der Waals surface area contributed by atoms with Crippen molar-refractivity contribution in [3.05, 3.63) is 101 Å². The van der Waals surface area contributed by atoms with Gasteiger partial charge in [0.05, 0.1) is 0 Å².